The van der Waals surface area contributed by atoms with Crippen molar-refractivity contribution in [2.75, 3.05) is 9.44 Å². The first-order valence-electron chi connectivity index (χ1n) is 12.6. The Labute approximate surface area is 219 Å². The lowest BCUT2D eigenvalue weighted by molar-refractivity contribution is 0.305. The van der Waals surface area contributed by atoms with Crippen molar-refractivity contribution in [2.45, 2.75) is 68.0 Å². The number of hydrogen-bond donors (Lipinski definition) is 3. The van der Waals surface area contributed by atoms with Crippen LogP contribution in [0, 0.1) is 5.92 Å². The maximum absolute atomic E-state index is 13.1. The summed E-state index contributed by atoms with van der Waals surface area (Å²) >= 11 is 0. The van der Waals surface area contributed by atoms with E-state index in [4.69, 9.17) is 0 Å². The van der Waals surface area contributed by atoms with Crippen molar-refractivity contribution in [3.05, 3.63) is 66.6 Å². The highest BCUT2D eigenvalue weighted by Gasteiger charge is 2.20. The van der Waals surface area contributed by atoms with Crippen LogP contribution >= 0.6 is 0 Å². The van der Waals surface area contributed by atoms with Gasteiger partial charge in [0.05, 0.1) is 16.9 Å². The van der Waals surface area contributed by atoms with E-state index >= 15 is 0 Å². The Hall–Kier alpha value is -2.89. The molecule has 1 heterocycles. The molecule has 1 atom stereocenters. The fraction of sp³-hybridized carbons (Fsp3) is 0.423. The molecular formula is C26H35N5O4S2. The molecule has 1 fully saturated rings. The third kappa shape index (κ3) is 7.33. The molecule has 3 aromatic rings. The zero-order chi connectivity index (χ0) is 26.5. The van der Waals surface area contributed by atoms with Crippen molar-refractivity contribution < 1.29 is 16.8 Å². The average molecular weight is 546 g/mol. The monoisotopic (exact) mass is 545 g/mol. The number of anilines is 2. The molecule has 37 heavy (non-hydrogen) atoms. The third-order valence-electron chi connectivity index (χ3n) is 6.69. The highest BCUT2D eigenvalue weighted by atomic mass is 32.2. The summed E-state index contributed by atoms with van der Waals surface area (Å²) in [6, 6.07) is 13.2. The number of nitrogens with zero attached hydrogens (tertiary/aromatic N) is 2. The van der Waals surface area contributed by atoms with Gasteiger partial charge in [-0.05, 0) is 55.2 Å². The summed E-state index contributed by atoms with van der Waals surface area (Å²) in [5, 5.41) is 3.43. The number of sulfonamides is 2. The van der Waals surface area contributed by atoms with E-state index < -0.39 is 20.0 Å². The highest BCUT2D eigenvalue weighted by molar-refractivity contribution is 7.93. The number of hydrogen-bond acceptors (Lipinski definition) is 6. The van der Waals surface area contributed by atoms with Crippen LogP contribution in [0.3, 0.4) is 0 Å². The van der Waals surface area contributed by atoms with Crippen LogP contribution in [0.25, 0.3) is 0 Å². The van der Waals surface area contributed by atoms with Crippen molar-refractivity contribution in [1.82, 2.24) is 14.9 Å². The SMILES string of the molecule is C[C@@H](CC1CCCCC1)NCc1ccccc1NS(=O)(=O)c1ccc(NS(=O)(=O)c2cn(C)cn2)cc1. The van der Waals surface area contributed by atoms with Crippen LogP contribution in [0.4, 0.5) is 11.4 Å². The molecule has 0 bridgehead atoms. The summed E-state index contributed by atoms with van der Waals surface area (Å²) in [4.78, 5) is 3.88. The zero-order valence-corrected chi connectivity index (χ0v) is 22.9. The van der Waals surface area contributed by atoms with Crippen molar-refractivity contribution >= 4 is 31.4 Å². The minimum atomic E-state index is -3.88. The van der Waals surface area contributed by atoms with E-state index in [2.05, 4.69) is 26.7 Å². The Morgan fingerprint density at radius 2 is 1.65 bits per heavy atom. The van der Waals surface area contributed by atoms with Gasteiger partial charge >= 0.3 is 0 Å². The lowest BCUT2D eigenvalue weighted by atomic mass is 9.85. The molecule has 4 rings (SSSR count). The Morgan fingerprint density at radius 3 is 2.32 bits per heavy atom. The molecule has 1 saturated carbocycles. The van der Waals surface area contributed by atoms with Gasteiger partial charge < -0.3 is 9.88 Å². The highest BCUT2D eigenvalue weighted by Crippen LogP contribution is 2.28. The van der Waals surface area contributed by atoms with Crippen LogP contribution in [0.2, 0.25) is 0 Å². The number of rotatable bonds is 11. The zero-order valence-electron chi connectivity index (χ0n) is 21.2. The number of aryl methyl sites for hydroxylation is 1. The lowest BCUT2D eigenvalue weighted by Gasteiger charge is -2.25. The van der Waals surface area contributed by atoms with Gasteiger partial charge in [-0.1, -0.05) is 50.3 Å². The summed E-state index contributed by atoms with van der Waals surface area (Å²) < 4.78 is 57.8. The van der Waals surface area contributed by atoms with E-state index in [1.165, 1.54) is 73.5 Å². The quantitative estimate of drug-likeness (QED) is 0.327. The molecule has 9 nitrogen and oxygen atoms in total. The van der Waals surface area contributed by atoms with Gasteiger partial charge in [0.15, 0.2) is 5.03 Å². The maximum Gasteiger partial charge on any atom is 0.280 e. The van der Waals surface area contributed by atoms with Crippen molar-refractivity contribution in [3.8, 4) is 0 Å². The standard InChI is InChI=1S/C26H35N5O4S2/c1-20(16-21-8-4-3-5-9-21)27-17-22-10-6-7-11-25(22)30-36(32,33)24-14-12-23(13-15-24)29-37(34,35)26-18-31(2)19-28-26/h6-7,10-15,18-21,27,29-30H,3-5,8-9,16-17H2,1-2H3/t20-/m0/s1. The van der Waals surface area contributed by atoms with E-state index in [0.29, 0.717) is 18.3 Å². The summed E-state index contributed by atoms with van der Waals surface area (Å²) in [6.07, 6.45) is 10.5. The minimum Gasteiger partial charge on any atom is -0.339 e. The predicted molar refractivity (Wildman–Crippen MR) is 145 cm³/mol. The Balaban J connectivity index is 1.39. The molecule has 0 spiro atoms. The van der Waals surface area contributed by atoms with Crippen LogP contribution in [0.1, 0.15) is 51.0 Å². The summed E-state index contributed by atoms with van der Waals surface area (Å²) in [7, 11) is -6.08. The number of nitrogens with one attached hydrogen (secondary N) is 3. The largest absolute Gasteiger partial charge is 0.339 e. The molecule has 0 unspecified atom stereocenters. The summed E-state index contributed by atoms with van der Waals surface area (Å²) in [6.45, 7) is 2.74. The number of para-hydroxylation sites is 1. The van der Waals surface area contributed by atoms with E-state index in [-0.39, 0.29) is 15.6 Å². The van der Waals surface area contributed by atoms with Gasteiger partial charge in [-0.3, -0.25) is 9.44 Å². The molecule has 0 saturated heterocycles. The molecule has 11 heteroatoms. The Morgan fingerprint density at radius 1 is 0.946 bits per heavy atom. The molecular weight excluding hydrogens is 510 g/mol. The molecule has 0 radical (unpaired) electrons. The third-order valence-corrected chi connectivity index (χ3v) is 9.33. The van der Waals surface area contributed by atoms with Crippen LogP contribution in [-0.4, -0.2) is 32.4 Å². The molecule has 1 aromatic heterocycles. The summed E-state index contributed by atoms with van der Waals surface area (Å²) in [5.41, 5.74) is 1.61. The lowest BCUT2D eigenvalue weighted by Crippen LogP contribution is -2.29. The van der Waals surface area contributed by atoms with Gasteiger partial charge in [-0.2, -0.15) is 8.42 Å². The normalized spacial score (nSPS) is 15.8. The first kappa shape index (κ1) is 27.2. The van der Waals surface area contributed by atoms with Crippen molar-refractivity contribution in [1.29, 1.82) is 0 Å². The number of aromatic nitrogens is 2. The van der Waals surface area contributed by atoms with Gasteiger partial charge in [-0.15, -0.1) is 0 Å². The summed E-state index contributed by atoms with van der Waals surface area (Å²) in [5.74, 6) is 0.765. The van der Waals surface area contributed by atoms with Crippen LogP contribution < -0.4 is 14.8 Å². The van der Waals surface area contributed by atoms with Gasteiger partial charge in [0.25, 0.3) is 20.0 Å². The Kier molecular flexibility index (Phi) is 8.56. The average Bonchev–Trinajstić information content (AvgIpc) is 3.31. The van der Waals surface area contributed by atoms with Crippen LogP contribution in [0.5, 0.6) is 0 Å². The molecule has 1 aliphatic rings. The molecule has 1 aliphatic carbocycles. The fourth-order valence-corrected chi connectivity index (χ4v) is 6.85. The smallest absolute Gasteiger partial charge is 0.280 e. The van der Waals surface area contributed by atoms with Crippen molar-refractivity contribution in [3.63, 3.8) is 0 Å². The topological polar surface area (TPSA) is 122 Å². The molecule has 0 amide bonds. The van der Waals surface area contributed by atoms with Gasteiger partial charge in [0, 0.05) is 31.5 Å². The van der Waals surface area contributed by atoms with E-state index in [0.717, 1.165) is 17.9 Å². The van der Waals surface area contributed by atoms with Crippen LogP contribution in [0.15, 0.2) is 71.0 Å². The molecule has 200 valence electrons. The molecule has 3 N–H and O–H groups in total. The van der Waals surface area contributed by atoms with Gasteiger partial charge in [-0.25, -0.2) is 13.4 Å². The maximum atomic E-state index is 13.1. The first-order valence-corrected chi connectivity index (χ1v) is 15.5. The van der Waals surface area contributed by atoms with E-state index in [1.807, 2.05) is 12.1 Å². The molecule has 0 aliphatic heterocycles. The minimum absolute atomic E-state index is 0.0294. The number of imidazole rings is 1. The molecule has 2 aromatic carbocycles. The second kappa shape index (κ2) is 11.7. The van der Waals surface area contributed by atoms with Gasteiger partial charge in [0.2, 0.25) is 0 Å². The van der Waals surface area contributed by atoms with Gasteiger partial charge in [0.1, 0.15) is 0 Å². The Bertz CT molecular complexity index is 1400. The second-order valence-electron chi connectivity index (χ2n) is 9.79. The van der Waals surface area contributed by atoms with E-state index in [9.17, 15) is 16.8 Å². The van der Waals surface area contributed by atoms with Crippen molar-refractivity contribution in [2.24, 2.45) is 13.0 Å². The fourth-order valence-electron chi connectivity index (χ4n) is 4.71. The van der Waals surface area contributed by atoms with E-state index in [1.54, 1.807) is 19.2 Å². The first-order chi connectivity index (χ1) is 17.6. The number of benzene rings is 2. The van der Waals surface area contributed by atoms with Crippen LogP contribution in [-0.2, 0) is 33.6 Å². The second-order valence-corrected chi connectivity index (χ2v) is 13.1. The predicted octanol–water partition coefficient (Wildman–Crippen LogP) is 4.47.